The van der Waals surface area contributed by atoms with E-state index >= 15 is 0 Å². The maximum Gasteiger partial charge on any atom is 0.331 e. The van der Waals surface area contributed by atoms with Crippen molar-refractivity contribution in [3.8, 4) is 11.5 Å². The zero-order chi connectivity index (χ0) is 32.4. The first-order valence-corrected chi connectivity index (χ1v) is 17.4. The van der Waals surface area contributed by atoms with E-state index in [-0.39, 0.29) is 24.4 Å². The van der Waals surface area contributed by atoms with Gasteiger partial charge in [0.05, 0.1) is 28.7 Å². The number of piperidine rings is 1. The predicted molar refractivity (Wildman–Crippen MR) is 178 cm³/mol. The van der Waals surface area contributed by atoms with E-state index in [2.05, 4.69) is 20.3 Å². The summed E-state index contributed by atoms with van der Waals surface area (Å²) in [6, 6.07) is 15.8. The summed E-state index contributed by atoms with van der Waals surface area (Å²) in [5, 5.41) is 6.69. The Balaban J connectivity index is 1.25. The van der Waals surface area contributed by atoms with Crippen LogP contribution >= 0.6 is 11.3 Å². The second kappa shape index (κ2) is 12.9. The van der Waals surface area contributed by atoms with Crippen LogP contribution in [0.1, 0.15) is 28.1 Å². The van der Waals surface area contributed by atoms with Crippen molar-refractivity contribution in [3.63, 3.8) is 0 Å². The van der Waals surface area contributed by atoms with Gasteiger partial charge in [0.15, 0.2) is 0 Å². The maximum absolute atomic E-state index is 13.9. The molecule has 0 bridgehead atoms. The van der Waals surface area contributed by atoms with Gasteiger partial charge in [-0.05, 0) is 61.7 Å². The number of ether oxygens (including phenoxy) is 1. The van der Waals surface area contributed by atoms with Crippen LogP contribution in [0.2, 0.25) is 0 Å². The van der Waals surface area contributed by atoms with Crippen molar-refractivity contribution in [3.05, 3.63) is 83.4 Å². The summed E-state index contributed by atoms with van der Waals surface area (Å²) in [6.45, 7) is 2.70. The molecule has 4 heterocycles. The smallest absolute Gasteiger partial charge is 0.331 e. The van der Waals surface area contributed by atoms with Crippen LogP contribution in [-0.4, -0.2) is 68.1 Å². The topological polar surface area (TPSA) is 150 Å². The number of benzene rings is 2. The molecule has 4 aromatic rings. The number of nitrogens with zero attached hydrogens (tertiary/aromatic N) is 3. The first-order chi connectivity index (χ1) is 22.1. The van der Waals surface area contributed by atoms with Crippen LogP contribution in [0.4, 0.5) is 21.9 Å². The minimum Gasteiger partial charge on any atom is -0.457 e. The average molecular weight is 661 g/mol. The highest BCUT2D eigenvalue weighted by atomic mass is 32.2. The molecule has 46 heavy (non-hydrogen) atoms. The van der Waals surface area contributed by atoms with Gasteiger partial charge in [-0.15, -0.1) is 11.3 Å². The Bertz CT molecular complexity index is 1960. The standard InChI is InChI=1S/C32H32N6O6S2/c1-20-18-23(44-22-9-4-3-5-10-22)12-13-25(20)38-28-27-24(36-32(38)41)14-16-33-31(27)45-29(28)30(40)35-21-8-7-17-37(19-21)26(39)11-6-15-34-46(2,42)43/h3-6,9-14,16,18,21,34H,7-8,15,17,19H2,1-2H3,(H,35,40)(H,36,41). The number of nitrogens with one attached hydrogen (secondary N) is 3. The first kappa shape index (κ1) is 31.2. The van der Waals surface area contributed by atoms with Crippen LogP contribution in [0.25, 0.3) is 10.2 Å². The van der Waals surface area contributed by atoms with Gasteiger partial charge < -0.3 is 20.3 Å². The number of carbonyl (C=O) groups is 3. The number of rotatable bonds is 9. The summed E-state index contributed by atoms with van der Waals surface area (Å²) in [7, 11) is -3.36. The summed E-state index contributed by atoms with van der Waals surface area (Å²) in [6.07, 6.45) is 6.79. The van der Waals surface area contributed by atoms with Gasteiger partial charge in [0.2, 0.25) is 15.9 Å². The van der Waals surface area contributed by atoms with E-state index in [1.54, 1.807) is 29.3 Å². The number of carbonyl (C=O) groups excluding carboxylic acids is 3. The molecule has 0 saturated carbocycles. The number of hydrogen-bond acceptors (Lipinski definition) is 8. The molecule has 0 radical (unpaired) electrons. The number of pyridine rings is 1. The van der Waals surface area contributed by atoms with E-state index in [4.69, 9.17) is 4.74 Å². The minimum atomic E-state index is -3.36. The Morgan fingerprint density at radius 1 is 1.15 bits per heavy atom. The third kappa shape index (κ3) is 6.73. The van der Waals surface area contributed by atoms with Crippen LogP contribution in [0.5, 0.6) is 11.5 Å². The van der Waals surface area contributed by atoms with Crippen molar-refractivity contribution in [2.75, 3.05) is 36.1 Å². The van der Waals surface area contributed by atoms with Crippen molar-refractivity contribution in [2.45, 2.75) is 25.8 Å². The predicted octanol–water partition coefficient (Wildman–Crippen LogP) is 4.91. The largest absolute Gasteiger partial charge is 0.457 e. The lowest BCUT2D eigenvalue weighted by Crippen LogP contribution is -2.49. The van der Waals surface area contributed by atoms with Crippen LogP contribution in [0, 0.1) is 6.92 Å². The molecule has 1 fully saturated rings. The van der Waals surface area contributed by atoms with E-state index in [0.29, 0.717) is 69.6 Å². The number of thiophene rings is 1. The van der Waals surface area contributed by atoms with Gasteiger partial charge in [-0.2, -0.15) is 0 Å². The van der Waals surface area contributed by atoms with Crippen LogP contribution in [0.3, 0.4) is 0 Å². The molecule has 238 valence electrons. The van der Waals surface area contributed by atoms with Gasteiger partial charge in [-0.25, -0.2) is 22.9 Å². The van der Waals surface area contributed by atoms with Crippen molar-refractivity contribution in [1.82, 2.24) is 19.9 Å². The highest BCUT2D eigenvalue weighted by molar-refractivity contribution is 7.88. The van der Waals surface area contributed by atoms with Gasteiger partial charge >= 0.3 is 6.03 Å². The number of sulfonamides is 1. The van der Waals surface area contributed by atoms with Gasteiger partial charge in [0.25, 0.3) is 5.91 Å². The quantitative estimate of drug-likeness (QED) is 0.216. The van der Waals surface area contributed by atoms with E-state index in [9.17, 15) is 22.8 Å². The van der Waals surface area contributed by atoms with Crippen molar-refractivity contribution in [1.29, 1.82) is 0 Å². The number of hydrogen-bond donors (Lipinski definition) is 3. The molecule has 6 rings (SSSR count). The summed E-state index contributed by atoms with van der Waals surface area (Å²) in [4.78, 5) is 48.9. The Morgan fingerprint density at radius 3 is 2.72 bits per heavy atom. The third-order valence-corrected chi connectivity index (χ3v) is 9.40. The molecule has 1 atom stereocenters. The molecule has 3 N–H and O–H groups in total. The van der Waals surface area contributed by atoms with E-state index < -0.39 is 16.1 Å². The van der Waals surface area contributed by atoms with Gasteiger partial charge in [0, 0.05) is 37.9 Å². The third-order valence-electron chi connectivity index (χ3n) is 7.62. The van der Waals surface area contributed by atoms with Crippen LogP contribution in [0.15, 0.2) is 72.9 Å². The molecular formula is C32H32N6O6S2. The van der Waals surface area contributed by atoms with Crippen LogP contribution in [-0.2, 0) is 14.8 Å². The number of urea groups is 1. The minimum absolute atomic E-state index is 0.00957. The van der Waals surface area contributed by atoms with Crippen molar-refractivity contribution >= 4 is 66.5 Å². The monoisotopic (exact) mass is 660 g/mol. The Labute approximate surface area is 270 Å². The Kier molecular flexibility index (Phi) is 8.75. The summed E-state index contributed by atoms with van der Waals surface area (Å²) in [5.74, 6) is 0.667. The van der Waals surface area contributed by atoms with Crippen molar-refractivity contribution in [2.24, 2.45) is 0 Å². The van der Waals surface area contributed by atoms with Gasteiger partial charge in [0.1, 0.15) is 21.2 Å². The van der Waals surface area contributed by atoms with E-state index in [1.165, 1.54) is 28.4 Å². The van der Waals surface area contributed by atoms with Gasteiger partial charge in [-0.1, -0.05) is 24.3 Å². The summed E-state index contributed by atoms with van der Waals surface area (Å²) in [5.41, 5.74) is 2.38. The molecule has 12 nitrogen and oxygen atoms in total. The zero-order valence-corrected chi connectivity index (χ0v) is 26.8. The highest BCUT2D eigenvalue weighted by Gasteiger charge is 2.36. The average Bonchev–Trinajstić information content (AvgIpc) is 3.41. The molecule has 1 unspecified atom stereocenters. The second-order valence-corrected chi connectivity index (χ2v) is 13.9. The molecule has 2 aliphatic heterocycles. The lowest BCUT2D eigenvalue weighted by molar-refractivity contribution is -0.127. The molecule has 4 amide bonds. The van der Waals surface area contributed by atoms with E-state index in [1.807, 2.05) is 43.3 Å². The molecule has 2 aromatic heterocycles. The number of likely N-dealkylation sites (tertiary alicyclic amines) is 1. The molecule has 0 spiro atoms. The number of para-hydroxylation sites is 1. The number of anilines is 3. The molecule has 0 aliphatic carbocycles. The lowest BCUT2D eigenvalue weighted by Gasteiger charge is -2.33. The fourth-order valence-electron chi connectivity index (χ4n) is 5.56. The number of amides is 4. The van der Waals surface area contributed by atoms with Gasteiger partial charge in [-0.3, -0.25) is 14.5 Å². The molecule has 14 heteroatoms. The fraction of sp³-hybridized carbons (Fsp3) is 0.250. The summed E-state index contributed by atoms with van der Waals surface area (Å²) < 4.78 is 30.8. The molecule has 2 aliphatic rings. The fourth-order valence-corrected chi connectivity index (χ4v) is 7.02. The Hall–Kier alpha value is -4.79. The van der Waals surface area contributed by atoms with Crippen molar-refractivity contribution < 1.29 is 27.5 Å². The molecular weight excluding hydrogens is 629 g/mol. The second-order valence-electron chi connectivity index (χ2n) is 11.1. The number of aryl methyl sites for hydroxylation is 1. The Morgan fingerprint density at radius 2 is 1.96 bits per heavy atom. The SMILES string of the molecule is Cc1cc(Oc2ccccc2)ccc1N1C(=O)Nc2ccnc3sc(C(=O)NC4CCCN(C(=O)C=CCNS(C)(=O)=O)C4)c1c23. The normalized spacial score (nSPS) is 16.5. The van der Waals surface area contributed by atoms with E-state index in [0.717, 1.165) is 11.8 Å². The maximum atomic E-state index is 13.9. The first-order valence-electron chi connectivity index (χ1n) is 14.6. The molecule has 2 aromatic carbocycles. The number of aromatic nitrogens is 1. The molecule has 1 saturated heterocycles. The summed E-state index contributed by atoms with van der Waals surface area (Å²) >= 11 is 1.20. The zero-order valence-electron chi connectivity index (χ0n) is 25.1. The lowest BCUT2D eigenvalue weighted by atomic mass is 10.0. The highest BCUT2D eigenvalue weighted by Crippen LogP contribution is 2.47. The van der Waals surface area contributed by atoms with Crippen LogP contribution < -0.4 is 25.0 Å².